The second-order valence-electron chi connectivity index (χ2n) is 8.68. The number of hydrogen-bond donors (Lipinski definition) is 0. The van der Waals surface area contributed by atoms with Crippen molar-refractivity contribution in [1.82, 2.24) is 25.1 Å². The minimum Gasteiger partial charge on any atom is -0.467 e. The van der Waals surface area contributed by atoms with E-state index >= 15 is 0 Å². The van der Waals surface area contributed by atoms with Gasteiger partial charge in [-0.15, -0.1) is 10.2 Å². The summed E-state index contributed by atoms with van der Waals surface area (Å²) in [4.78, 5) is 28.7. The van der Waals surface area contributed by atoms with Gasteiger partial charge in [0.1, 0.15) is 6.04 Å². The molecule has 0 bridgehead atoms. The number of nitrogens with zero attached hydrogens (tertiary/aromatic N) is 5. The van der Waals surface area contributed by atoms with Gasteiger partial charge in [0, 0.05) is 18.5 Å². The molecule has 0 spiro atoms. The Morgan fingerprint density at radius 1 is 1.06 bits per heavy atom. The first kappa shape index (κ1) is 25.1. The van der Waals surface area contributed by atoms with Gasteiger partial charge < -0.3 is 9.64 Å². The highest BCUT2D eigenvalue weighted by Crippen LogP contribution is 2.30. The fourth-order valence-electron chi connectivity index (χ4n) is 4.00. The summed E-state index contributed by atoms with van der Waals surface area (Å²) in [5.41, 5.74) is 3.83. The van der Waals surface area contributed by atoms with Crippen molar-refractivity contribution in [2.75, 3.05) is 7.11 Å². The first-order chi connectivity index (χ1) is 16.3. The van der Waals surface area contributed by atoms with Gasteiger partial charge in [-0.3, -0.25) is 4.79 Å². The van der Waals surface area contributed by atoms with Crippen LogP contribution in [0.3, 0.4) is 0 Å². The molecule has 3 aromatic rings. The minimum atomic E-state index is -0.627. The lowest BCUT2D eigenvalue weighted by atomic mass is 9.97. The van der Waals surface area contributed by atoms with E-state index in [1.54, 1.807) is 11.9 Å². The number of ether oxygens (including phenoxy) is 1. The van der Waals surface area contributed by atoms with Crippen molar-refractivity contribution in [3.8, 4) is 22.5 Å². The average Bonchev–Trinajstić information content (AvgIpc) is 3.28. The second-order valence-corrected chi connectivity index (χ2v) is 8.68. The SMILES string of the molecule is CCCCC(=O)N(Cc1ccc(-c2ccccc2-c2nnn(C)n2)cc1)[C@H](C(=O)OC)C(C)C. The summed E-state index contributed by atoms with van der Waals surface area (Å²) >= 11 is 0. The summed E-state index contributed by atoms with van der Waals surface area (Å²) in [6.07, 6.45) is 2.11. The maximum atomic E-state index is 13.1. The Labute approximate surface area is 200 Å². The van der Waals surface area contributed by atoms with Crippen LogP contribution in [0.4, 0.5) is 0 Å². The monoisotopic (exact) mass is 463 g/mol. The molecule has 0 N–H and O–H groups in total. The van der Waals surface area contributed by atoms with E-state index in [1.807, 2.05) is 69.3 Å². The van der Waals surface area contributed by atoms with E-state index in [-0.39, 0.29) is 17.8 Å². The number of aryl methyl sites for hydroxylation is 1. The molecule has 1 heterocycles. The van der Waals surface area contributed by atoms with Crippen LogP contribution >= 0.6 is 0 Å². The van der Waals surface area contributed by atoms with Gasteiger partial charge in [0.25, 0.3) is 0 Å². The molecule has 0 aliphatic carbocycles. The van der Waals surface area contributed by atoms with Crippen molar-refractivity contribution in [1.29, 1.82) is 0 Å². The van der Waals surface area contributed by atoms with Crippen LogP contribution in [0.1, 0.15) is 45.6 Å². The van der Waals surface area contributed by atoms with Crippen molar-refractivity contribution < 1.29 is 14.3 Å². The Morgan fingerprint density at radius 2 is 1.74 bits per heavy atom. The van der Waals surface area contributed by atoms with Gasteiger partial charge in [0.15, 0.2) is 0 Å². The minimum absolute atomic E-state index is 0.0332. The Kier molecular flexibility index (Phi) is 8.51. The molecule has 2 aromatic carbocycles. The van der Waals surface area contributed by atoms with Crippen molar-refractivity contribution in [3.05, 3.63) is 54.1 Å². The van der Waals surface area contributed by atoms with Crippen LogP contribution in [0.2, 0.25) is 0 Å². The molecule has 1 atom stereocenters. The van der Waals surface area contributed by atoms with Gasteiger partial charge >= 0.3 is 5.97 Å². The largest absolute Gasteiger partial charge is 0.467 e. The summed E-state index contributed by atoms with van der Waals surface area (Å²) in [6, 6.07) is 15.3. The molecule has 0 aliphatic rings. The molecule has 3 rings (SSSR count). The van der Waals surface area contributed by atoms with Crippen LogP contribution in [0, 0.1) is 5.92 Å². The molecule has 0 aliphatic heterocycles. The van der Waals surface area contributed by atoms with Gasteiger partial charge in [-0.05, 0) is 34.2 Å². The van der Waals surface area contributed by atoms with E-state index in [2.05, 4.69) is 15.4 Å². The lowest BCUT2D eigenvalue weighted by molar-refractivity contribution is -0.155. The normalized spacial score (nSPS) is 11.9. The molecule has 34 heavy (non-hydrogen) atoms. The summed E-state index contributed by atoms with van der Waals surface area (Å²) in [5.74, 6) is 0.0762. The third-order valence-corrected chi connectivity index (χ3v) is 5.77. The zero-order valence-corrected chi connectivity index (χ0v) is 20.6. The summed E-state index contributed by atoms with van der Waals surface area (Å²) in [6.45, 7) is 6.25. The van der Waals surface area contributed by atoms with Gasteiger partial charge in [-0.1, -0.05) is 75.7 Å². The fourth-order valence-corrected chi connectivity index (χ4v) is 4.00. The van der Waals surface area contributed by atoms with E-state index in [4.69, 9.17) is 4.74 Å². The number of aromatic nitrogens is 4. The Bertz CT molecular complexity index is 1110. The number of unbranched alkanes of at least 4 members (excludes halogenated alkanes) is 1. The molecular formula is C26H33N5O3. The molecule has 0 saturated heterocycles. The lowest BCUT2D eigenvalue weighted by Crippen LogP contribution is -2.48. The number of methoxy groups -OCH3 is 1. The number of hydrogen-bond acceptors (Lipinski definition) is 6. The molecule has 1 amide bonds. The number of rotatable bonds is 10. The van der Waals surface area contributed by atoms with Crippen LogP contribution < -0.4 is 0 Å². The molecular weight excluding hydrogens is 430 g/mol. The lowest BCUT2D eigenvalue weighted by Gasteiger charge is -2.32. The topological polar surface area (TPSA) is 90.2 Å². The second kappa shape index (κ2) is 11.5. The molecule has 8 nitrogen and oxygen atoms in total. The summed E-state index contributed by atoms with van der Waals surface area (Å²) in [5, 5.41) is 12.4. The Hall–Kier alpha value is -3.55. The first-order valence-electron chi connectivity index (χ1n) is 11.7. The first-order valence-corrected chi connectivity index (χ1v) is 11.7. The van der Waals surface area contributed by atoms with Gasteiger partial charge in [0.2, 0.25) is 11.7 Å². The zero-order valence-electron chi connectivity index (χ0n) is 20.6. The van der Waals surface area contributed by atoms with Gasteiger partial charge in [0.05, 0.1) is 14.2 Å². The van der Waals surface area contributed by atoms with Crippen molar-refractivity contribution in [3.63, 3.8) is 0 Å². The van der Waals surface area contributed by atoms with Gasteiger partial charge in [-0.25, -0.2) is 4.79 Å². The maximum absolute atomic E-state index is 13.1. The van der Waals surface area contributed by atoms with E-state index in [9.17, 15) is 9.59 Å². The van der Waals surface area contributed by atoms with Crippen molar-refractivity contribution in [2.24, 2.45) is 13.0 Å². The molecule has 8 heteroatoms. The van der Waals surface area contributed by atoms with Crippen LogP contribution in [0.25, 0.3) is 22.5 Å². The summed E-state index contributed by atoms with van der Waals surface area (Å²) < 4.78 is 5.03. The number of esters is 1. The van der Waals surface area contributed by atoms with E-state index in [0.29, 0.717) is 18.8 Å². The third-order valence-electron chi connectivity index (χ3n) is 5.77. The van der Waals surface area contributed by atoms with Crippen molar-refractivity contribution in [2.45, 2.75) is 52.6 Å². The van der Waals surface area contributed by atoms with Crippen LogP contribution in [-0.4, -0.2) is 50.1 Å². The van der Waals surface area contributed by atoms with E-state index < -0.39 is 6.04 Å². The molecule has 0 radical (unpaired) electrons. The van der Waals surface area contributed by atoms with Crippen LogP contribution in [0.15, 0.2) is 48.5 Å². The predicted octanol–water partition coefficient (Wildman–Crippen LogP) is 4.26. The van der Waals surface area contributed by atoms with E-state index in [1.165, 1.54) is 11.9 Å². The number of amides is 1. The average molecular weight is 464 g/mol. The maximum Gasteiger partial charge on any atom is 0.328 e. The molecule has 0 unspecified atom stereocenters. The Balaban J connectivity index is 1.89. The quantitative estimate of drug-likeness (QED) is 0.417. The number of carbonyl (C=O) groups excluding carboxylic acids is 2. The molecule has 0 saturated carbocycles. The standard InChI is InChI=1S/C26H33N5O3/c1-6-7-12-23(32)31(24(18(2)3)26(33)34-5)17-19-13-15-20(16-14-19)21-10-8-9-11-22(21)25-27-29-30(4)28-25/h8-11,13-16,18,24H,6-7,12,17H2,1-5H3/t24-/m0/s1. The zero-order chi connectivity index (χ0) is 24.7. The predicted molar refractivity (Wildman–Crippen MR) is 130 cm³/mol. The van der Waals surface area contributed by atoms with E-state index in [0.717, 1.165) is 35.1 Å². The molecule has 1 aromatic heterocycles. The highest BCUT2D eigenvalue weighted by molar-refractivity contribution is 5.85. The fraction of sp³-hybridized carbons (Fsp3) is 0.423. The number of tetrazole rings is 1. The third kappa shape index (κ3) is 5.87. The number of carbonyl (C=O) groups is 2. The molecule has 0 fully saturated rings. The highest BCUT2D eigenvalue weighted by Gasteiger charge is 2.33. The molecule has 180 valence electrons. The van der Waals surface area contributed by atoms with Crippen LogP contribution in [-0.2, 0) is 27.9 Å². The van der Waals surface area contributed by atoms with Gasteiger partial charge in [-0.2, -0.15) is 4.80 Å². The van der Waals surface area contributed by atoms with Crippen molar-refractivity contribution >= 4 is 11.9 Å². The van der Waals surface area contributed by atoms with Crippen LogP contribution in [0.5, 0.6) is 0 Å². The highest BCUT2D eigenvalue weighted by atomic mass is 16.5. The number of benzene rings is 2. The summed E-state index contributed by atoms with van der Waals surface area (Å²) in [7, 11) is 3.10. The smallest absolute Gasteiger partial charge is 0.328 e. The Morgan fingerprint density at radius 3 is 2.29 bits per heavy atom.